The lowest BCUT2D eigenvalue weighted by atomic mass is 9.87. The van der Waals surface area contributed by atoms with Crippen molar-refractivity contribution >= 4 is 44.9 Å². The molecule has 306 valence electrons. The number of pyridine rings is 1. The van der Waals surface area contributed by atoms with E-state index in [0.717, 1.165) is 101 Å². The number of anilines is 4. The van der Waals surface area contributed by atoms with Gasteiger partial charge in [-0.15, -0.1) is 0 Å². The summed E-state index contributed by atoms with van der Waals surface area (Å²) < 4.78 is 0. The Morgan fingerprint density at radius 1 is 0.292 bits per heavy atom. The third kappa shape index (κ3) is 6.36. The van der Waals surface area contributed by atoms with Crippen LogP contribution in [0.1, 0.15) is 11.1 Å². The molecule has 5 heteroatoms. The highest BCUT2D eigenvalue weighted by Crippen LogP contribution is 2.62. The Bertz CT molecular complexity index is 3240. The van der Waals surface area contributed by atoms with E-state index in [1.165, 1.54) is 0 Å². The Morgan fingerprint density at radius 3 is 1.17 bits per heavy atom. The highest BCUT2D eigenvalue weighted by atomic mass is 15.5. The van der Waals surface area contributed by atoms with E-state index in [2.05, 4.69) is 246 Å². The molecule has 0 atom stereocenters. The molecule has 0 bridgehead atoms. The number of hydrogen-bond acceptors (Lipinski definition) is 5. The van der Waals surface area contributed by atoms with Crippen molar-refractivity contribution in [3.05, 3.63) is 260 Å². The van der Waals surface area contributed by atoms with Gasteiger partial charge >= 0.3 is 0 Å². The number of rotatable bonds is 8. The number of fused-ring (bicyclic) bond motifs is 3. The normalized spacial score (nSPS) is 13.0. The first-order valence-electron chi connectivity index (χ1n) is 22.0. The third-order valence-corrected chi connectivity index (χ3v) is 12.6. The summed E-state index contributed by atoms with van der Waals surface area (Å²) in [6.07, 6.45) is 0. The van der Waals surface area contributed by atoms with E-state index in [0.29, 0.717) is 0 Å². The molecule has 1 aliphatic heterocycles. The summed E-state index contributed by atoms with van der Waals surface area (Å²) in [4.78, 5) is 22.0. The molecule has 11 aromatic rings. The summed E-state index contributed by atoms with van der Waals surface area (Å²) in [5.74, 6) is 1.53. The molecule has 0 unspecified atom stereocenters. The second kappa shape index (κ2) is 15.9. The summed E-state index contributed by atoms with van der Waals surface area (Å²) in [6.45, 7) is 0. The van der Waals surface area contributed by atoms with Gasteiger partial charge in [-0.25, -0.2) is 15.0 Å². The molecule has 5 nitrogen and oxygen atoms in total. The highest BCUT2D eigenvalue weighted by molar-refractivity contribution is 6.04. The standard InChI is InChI=1S/C60H41N5/c1-7-23-42(24-8-1)49-40-55-56(41-50(49)43-25-9-2-10-26-43)65(59-57(45-29-13-4-14-30-45)61-53-37-21-22-38-54(53)63-59)60(47-32-15-5-16-33-47,48-34-17-6-18-35-48)64(55)58-51(44-27-11-3-12-28-44)39-46-31-19-20-36-52(46)62-58/h1-41H. The molecular weight excluding hydrogens is 791 g/mol. The number of aromatic nitrogens is 3. The molecule has 0 N–H and O–H groups in total. The quantitative estimate of drug-likeness (QED) is 0.153. The number of nitrogens with zero attached hydrogens (tertiary/aromatic N) is 5. The maximum atomic E-state index is 5.78. The van der Waals surface area contributed by atoms with Gasteiger partial charge in [-0.2, -0.15) is 0 Å². The van der Waals surface area contributed by atoms with Crippen LogP contribution < -0.4 is 9.80 Å². The van der Waals surface area contributed by atoms with Crippen molar-refractivity contribution < 1.29 is 0 Å². The van der Waals surface area contributed by atoms with Crippen LogP contribution in [0.2, 0.25) is 0 Å². The van der Waals surface area contributed by atoms with Gasteiger partial charge in [0.25, 0.3) is 0 Å². The lowest BCUT2D eigenvalue weighted by Gasteiger charge is -2.46. The van der Waals surface area contributed by atoms with Crippen LogP contribution in [0.3, 0.4) is 0 Å². The third-order valence-electron chi connectivity index (χ3n) is 12.6. The predicted molar refractivity (Wildman–Crippen MR) is 267 cm³/mol. The fraction of sp³-hybridized carbons (Fsp3) is 0.0167. The second-order valence-corrected chi connectivity index (χ2v) is 16.4. The average molecular weight is 832 g/mol. The average Bonchev–Trinajstić information content (AvgIpc) is 3.69. The Kier molecular flexibility index (Phi) is 9.31. The monoisotopic (exact) mass is 831 g/mol. The van der Waals surface area contributed by atoms with Crippen molar-refractivity contribution in [3.8, 4) is 44.6 Å². The van der Waals surface area contributed by atoms with Crippen LogP contribution >= 0.6 is 0 Å². The zero-order valence-corrected chi connectivity index (χ0v) is 35.4. The van der Waals surface area contributed by atoms with Gasteiger partial charge < -0.3 is 0 Å². The first-order valence-corrected chi connectivity index (χ1v) is 22.0. The van der Waals surface area contributed by atoms with Gasteiger partial charge in [-0.1, -0.05) is 212 Å². The van der Waals surface area contributed by atoms with E-state index in [1.807, 2.05) is 12.1 Å². The molecule has 0 aliphatic carbocycles. The zero-order valence-electron chi connectivity index (χ0n) is 35.4. The molecule has 1 aliphatic rings. The summed E-state index contributed by atoms with van der Waals surface area (Å²) in [7, 11) is 0. The minimum atomic E-state index is -1.13. The van der Waals surface area contributed by atoms with E-state index < -0.39 is 5.66 Å². The molecule has 0 fully saturated rings. The fourth-order valence-corrected chi connectivity index (χ4v) is 9.70. The van der Waals surface area contributed by atoms with Crippen LogP contribution in [0.25, 0.3) is 66.6 Å². The first-order chi connectivity index (χ1) is 32.3. The Hall–Kier alpha value is -8.67. The van der Waals surface area contributed by atoms with Crippen LogP contribution in [-0.4, -0.2) is 15.0 Å². The second-order valence-electron chi connectivity index (χ2n) is 16.4. The van der Waals surface area contributed by atoms with Gasteiger partial charge in [0.1, 0.15) is 11.5 Å². The van der Waals surface area contributed by atoms with Crippen LogP contribution in [0.15, 0.2) is 249 Å². The Morgan fingerprint density at radius 2 is 0.662 bits per heavy atom. The van der Waals surface area contributed by atoms with Gasteiger partial charge in [-0.05, 0) is 64.2 Å². The lowest BCUT2D eigenvalue weighted by molar-refractivity contribution is 0.552. The van der Waals surface area contributed by atoms with E-state index >= 15 is 0 Å². The van der Waals surface area contributed by atoms with Crippen molar-refractivity contribution in [1.29, 1.82) is 0 Å². The van der Waals surface area contributed by atoms with Gasteiger partial charge in [0, 0.05) is 27.6 Å². The largest absolute Gasteiger partial charge is 0.291 e. The summed E-state index contributed by atoms with van der Waals surface area (Å²) in [5, 5.41) is 1.06. The molecule has 0 radical (unpaired) electrons. The van der Waals surface area contributed by atoms with Crippen molar-refractivity contribution in [2.24, 2.45) is 0 Å². The van der Waals surface area contributed by atoms with Gasteiger partial charge in [-0.3, -0.25) is 9.80 Å². The summed E-state index contributed by atoms with van der Waals surface area (Å²) >= 11 is 0. The van der Waals surface area contributed by atoms with Crippen LogP contribution in [0, 0.1) is 0 Å². The van der Waals surface area contributed by atoms with Gasteiger partial charge in [0.15, 0.2) is 11.5 Å². The van der Waals surface area contributed by atoms with Crippen LogP contribution in [0.5, 0.6) is 0 Å². The van der Waals surface area contributed by atoms with E-state index in [-0.39, 0.29) is 0 Å². The molecule has 0 saturated carbocycles. The molecule has 0 amide bonds. The fourth-order valence-electron chi connectivity index (χ4n) is 9.70. The minimum Gasteiger partial charge on any atom is -0.291 e. The molecule has 0 spiro atoms. The molecule has 65 heavy (non-hydrogen) atoms. The summed E-state index contributed by atoms with van der Waals surface area (Å²) in [5.41, 5.74) is 13.6. The van der Waals surface area contributed by atoms with Crippen molar-refractivity contribution in [1.82, 2.24) is 15.0 Å². The molecule has 12 rings (SSSR count). The molecule has 3 heterocycles. The summed E-state index contributed by atoms with van der Waals surface area (Å²) in [6, 6.07) is 88.0. The maximum absolute atomic E-state index is 5.78. The van der Waals surface area contributed by atoms with Gasteiger partial charge in [0.05, 0.1) is 27.9 Å². The first kappa shape index (κ1) is 38.0. The minimum absolute atomic E-state index is 0.722. The van der Waals surface area contributed by atoms with Crippen molar-refractivity contribution in [3.63, 3.8) is 0 Å². The van der Waals surface area contributed by atoms with E-state index in [1.54, 1.807) is 0 Å². The van der Waals surface area contributed by atoms with Gasteiger partial charge in [0.2, 0.25) is 0 Å². The van der Waals surface area contributed by atoms with Crippen molar-refractivity contribution in [2.75, 3.05) is 9.80 Å². The number of para-hydroxylation sites is 3. The highest BCUT2D eigenvalue weighted by Gasteiger charge is 2.56. The molecular formula is C60H41N5. The van der Waals surface area contributed by atoms with Crippen LogP contribution in [0.4, 0.5) is 23.0 Å². The Balaban J connectivity index is 1.32. The number of hydrogen-bond donors (Lipinski definition) is 0. The smallest absolute Gasteiger partial charge is 0.177 e. The lowest BCUT2D eigenvalue weighted by Crippen LogP contribution is -2.52. The number of benzene rings is 9. The van der Waals surface area contributed by atoms with E-state index in [4.69, 9.17) is 15.0 Å². The SMILES string of the molecule is c1ccc(-c2cc3c(cc2-c2ccccc2)N(c2nc4ccccc4nc2-c2ccccc2)C(c2ccccc2)(c2ccccc2)N3c2nc3ccccc3cc2-c2ccccc2)cc1. The van der Waals surface area contributed by atoms with Crippen molar-refractivity contribution in [2.45, 2.75) is 5.66 Å². The van der Waals surface area contributed by atoms with Crippen LogP contribution in [-0.2, 0) is 5.66 Å². The predicted octanol–water partition coefficient (Wildman–Crippen LogP) is 15.0. The van der Waals surface area contributed by atoms with E-state index in [9.17, 15) is 0 Å². The molecule has 0 saturated heterocycles. The maximum Gasteiger partial charge on any atom is 0.177 e. The molecule has 2 aromatic heterocycles. The Labute approximate surface area is 378 Å². The zero-order chi connectivity index (χ0) is 43.2. The topological polar surface area (TPSA) is 45.2 Å². The molecule has 9 aromatic carbocycles.